The van der Waals surface area contributed by atoms with E-state index >= 15 is 0 Å². The molecule has 0 spiro atoms. The van der Waals surface area contributed by atoms with Crippen molar-refractivity contribution >= 4 is 5.97 Å². The molecule has 4 heteroatoms. The van der Waals surface area contributed by atoms with E-state index in [-0.39, 0.29) is 11.9 Å². The molecular formula is C16H30O4. The summed E-state index contributed by atoms with van der Waals surface area (Å²) in [6.07, 6.45) is 3.19. The van der Waals surface area contributed by atoms with Crippen LogP contribution >= 0.6 is 0 Å². The predicted octanol–water partition coefficient (Wildman–Crippen LogP) is 2.66. The molecule has 1 fully saturated rings. The van der Waals surface area contributed by atoms with Gasteiger partial charge in [-0.2, -0.15) is 0 Å². The summed E-state index contributed by atoms with van der Waals surface area (Å²) in [5, 5.41) is 21.4. The van der Waals surface area contributed by atoms with Crippen LogP contribution in [0.5, 0.6) is 0 Å². The van der Waals surface area contributed by atoms with E-state index in [4.69, 9.17) is 4.74 Å². The SMILES string of the molecule is CCOC(=O)[C@@]1(C)CC[C@H](CC(O)(CC)CC)[C@@]1(C)O. The van der Waals surface area contributed by atoms with Crippen molar-refractivity contribution < 1.29 is 19.7 Å². The molecule has 3 atom stereocenters. The summed E-state index contributed by atoms with van der Waals surface area (Å²) >= 11 is 0. The molecule has 20 heavy (non-hydrogen) atoms. The van der Waals surface area contributed by atoms with Gasteiger partial charge < -0.3 is 14.9 Å². The average molecular weight is 286 g/mol. The monoisotopic (exact) mass is 286 g/mol. The fourth-order valence-electron chi connectivity index (χ4n) is 3.34. The lowest BCUT2D eigenvalue weighted by atomic mass is 9.71. The van der Waals surface area contributed by atoms with E-state index in [0.29, 0.717) is 32.3 Å². The molecule has 0 amide bonds. The molecule has 118 valence electrons. The standard InChI is InChI=1S/C16H30O4/c1-6-16(19,7-2)11-12-9-10-14(4,15(12,5)18)13(17)20-8-3/h12,18-19H,6-11H2,1-5H3/t12-,14-,15-/m1/s1. The number of esters is 1. The normalized spacial score (nSPS) is 34.2. The highest BCUT2D eigenvalue weighted by Gasteiger charge is 2.59. The van der Waals surface area contributed by atoms with Crippen molar-refractivity contribution in [2.45, 2.75) is 77.9 Å². The number of hydrogen-bond acceptors (Lipinski definition) is 4. The van der Waals surface area contributed by atoms with Crippen LogP contribution in [0.3, 0.4) is 0 Å². The Balaban J connectivity index is 2.92. The van der Waals surface area contributed by atoms with Gasteiger partial charge in [0, 0.05) is 0 Å². The van der Waals surface area contributed by atoms with Crippen molar-refractivity contribution in [1.29, 1.82) is 0 Å². The van der Waals surface area contributed by atoms with Crippen LogP contribution in [0.4, 0.5) is 0 Å². The molecule has 1 saturated carbocycles. The van der Waals surface area contributed by atoms with Gasteiger partial charge >= 0.3 is 5.97 Å². The van der Waals surface area contributed by atoms with Crippen molar-refractivity contribution in [2.24, 2.45) is 11.3 Å². The Hall–Kier alpha value is -0.610. The maximum absolute atomic E-state index is 12.2. The molecule has 1 aliphatic rings. The van der Waals surface area contributed by atoms with Gasteiger partial charge in [-0.1, -0.05) is 13.8 Å². The number of rotatable bonds is 6. The molecular weight excluding hydrogens is 256 g/mol. The third-order valence-corrected chi connectivity index (χ3v) is 5.57. The highest BCUT2D eigenvalue weighted by atomic mass is 16.5. The van der Waals surface area contributed by atoms with E-state index in [1.165, 1.54) is 0 Å². The summed E-state index contributed by atoms with van der Waals surface area (Å²) in [5.74, 6) is -0.411. The first-order valence-electron chi connectivity index (χ1n) is 7.78. The van der Waals surface area contributed by atoms with Gasteiger partial charge in [-0.05, 0) is 58.8 Å². The summed E-state index contributed by atoms with van der Waals surface area (Å²) in [6, 6.07) is 0. The molecule has 1 aliphatic carbocycles. The summed E-state index contributed by atoms with van der Waals surface area (Å²) in [5.41, 5.74) is -2.78. The van der Waals surface area contributed by atoms with E-state index in [1.54, 1.807) is 20.8 Å². The van der Waals surface area contributed by atoms with E-state index < -0.39 is 16.6 Å². The lowest BCUT2D eigenvalue weighted by molar-refractivity contribution is -0.172. The first-order chi connectivity index (χ1) is 9.16. The summed E-state index contributed by atoms with van der Waals surface area (Å²) < 4.78 is 5.13. The Bertz CT molecular complexity index is 346. The summed E-state index contributed by atoms with van der Waals surface area (Å²) in [7, 11) is 0. The molecule has 0 radical (unpaired) electrons. The van der Waals surface area contributed by atoms with Crippen LogP contribution in [-0.4, -0.2) is 34.0 Å². The van der Waals surface area contributed by atoms with Gasteiger partial charge in [-0.15, -0.1) is 0 Å². The van der Waals surface area contributed by atoms with Crippen LogP contribution in [0.25, 0.3) is 0 Å². The fourth-order valence-corrected chi connectivity index (χ4v) is 3.34. The highest BCUT2D eigenvalue weighted by molar-refractivity contribution is 5.78. The number of aliphatic hydroxyl groups is 2. The zero-order chi connectivity index (χ0) is 15.6. The van der Waals surface area contributed by atoms with Gasteiger partial charge in [-0.3, -0.25) is 4.79 Å². The highest BCUT2D eigenvalue weighted by Crippen LogP contribution is 2.53. The average Bonchev–Trinajstić information content (AvgIpc) is 2.63. The van der Waals surface area contributed by atoms with Crippen LogP contribution < -0.4 is 0 Å². The molecule has 0 bridgehead atoms. The van der Waals surface area contributed by atoms with Crippen molar-refractivity contribution in [3.05, 3.63) is 0 Å². The quantitative estimate of drug-likeness (QED) is 0.737. The van der Waals surface area contributed by atoms with Crippen LogP contribution in [0, 0.1) is 11.3 Å². The molecule has 0 aromatic heterocycles. The smallest absolute Gasteiger partial charge is 0.314 e. The Morgan fingerprint density at radius 3 is 2.30 bits per heavy atom. The molecule has 0 aliphatic heterocycles. The van der Waals surface area contributed by atoms with Crippen LogP contribution in [0.1, 0.15) is 66.7 Å². The lowest BCUT2D eigenvalue weighted by Crippen LogP contribution is -2.51. The van der Waals surface area contributed by atoms with Gasteiger partial charge in [0.15, 0.2) is 0 Å². The molecule has 0 saturated heterocycles. The topological polar surface area (TPSA) is 66.8 Å². The minimum Gasteiger partial charge on any atom is -0.465 e. The molecule has 0 unspecified atom stereocenters. The van der Waals surface area contributed by atoms with Crippen LogP contribution in [0.2, 0.25) is 0 Å². The van der Waals surface area contributed by atoms with E-state index in [1.807, 2.05) is 13.8 Å². The minimum absolute atomic E-state index is 0.0817. The van der Waals surface area contributed by atoms with Crippen LogP contribution in [0.15, 0.2) is 0 Å². The van der Waals surface area contributed by atoms with Crippen molar-refractivity contribution in [3.63, 3.8) is 0 Å². The number of ether oxygens (including phenoxy) is 1. The first kappa shape index (κ1) is 17.4. The number of carbonyl (C=O) groups is 1. The number of hydrogen-bond donors (Lipinski definition) is 2. The molecule has 0 heterocycles. The third-order valence-electron chi connectivity index (χ3n) is 5.57. The summed E-state index contributed by atoms with van der Waals surface area (Å²) in [4.78, 5) is 12.2. The predicted molar refractivity (Wildman–Crippen MR) is 78.2 cm³/mol. The fraction of sp³-hybridized carbons (Fsp3) is 0.938. The van der Waals surface area contributed by atoms with E-state index in [2.05, 4.69) is 0 Å². The maximum Gasteiger partial charge on any atom is 0.314 e. The zero-order valence-electron chi connectivity index (χ0n) is 13.5. The molecule has 1 rings (SSSR count). The van der Waals surface area contributed by atoms with Gasteiger partial charge in [0.05, 0.1) is 23.2 Å². The van der Waals surface area contributed by atoms with Gasteiger partial charge in [0.1, 0.15) is 0 Å². The van der Waals surface area contributed by atoms with Gasteiger partial charge in [-0.25, -0.2) is 0 Å². The van der Waals surface area contributed by atoms with Crippen molar-refractivity contribution in [2.75, 3.05) is 6.61 Å². The van der Waals surface area contributed by atoms with Gasteiger partial charge in [0.25, 0.3) is 0 Å². The molecule has 2 N–H and O–H groups in total. The number of carbonyl (C=O) groups excluding carboxylic acids is 1. The van der Waals surface area contributed by atoms with Gasteiger partial charge in [0.2, 0.25) is 0 Å². The van der Waals surface area contributed by atoms with E-state index in [9.17, 15) is 15.0 Å². The molecule has 0 aromatic carbocycles. The largest absolute Gasteiger partial charge is 0.465 e. The maximum atomic E-state index is 12.2. The third kappa shape index (κ3) is 2.86. The zero-order valence-corrected chi connectivity index (χ0v) is 13.5. The molecule has 4 nitrogen and oxygen atoms in total. The second-order valence-electron chi connectivity index (χ2n) is 6.57. The summed E-state index contributed by atoms with van der Waals surface area (Å²) in [6.45, 7) is 9.50. The second kappa shape index (κ2) is 6.02. The first-order valence-corrected chi connectivity index (χ1v) is 7.78. The second-order valence-corrected chi connectivity index (χ2v) is 6.57. The van der Waals surface area contributed by atoms with E-state index in [0.717, 1.165) is 6.42 Å². The lowest BCUT2D eigenvalue weighted by Gasteiger charge is -2.40. The Labute approximate surface area is 122 Å². The Kier molecular flexibility index (Phi) is 5.25. The van der Waals surface area contributed by atoms with Crippen molar-refractivity contribution in [1.82, 2.24) is 0 Å². The van der Waals surface area contributed by atoms with Crippen molar-refractivity contribution in [3.8, 4) is 0 Å². The Morgan fingerprint density at radius 1 is 1.30 bits per heavy atom. The minimum atomic E-state index is -1.14. The Morgan fingerprint density at radius 2 is 1.85 bits per heavy atom. The van der Waals surface area contributed by atoms with Crippen LogP contribution in [-0.2, 0) is 9.53 Å². The molecule has 0 aromatic rings.